The molecule has 0 aliphatic heterocycles. The van der Waals surface area contributed by atoms with Gasteiger partial charge in [-0.15, -0.1) is 0 Å². The van der Waals surface area contributed by atoms with E-state index < -0.39 is 25.3 Å². The van der Waals surface area contributed by atoms with Crippen molar-refractivity contribution in [3.63, 3.8) is 0 Å². The summed E-state index contributed by atoms with van der Waals surface area (Å²) in [4.78, 5) is 25.1. The van der Waals surface area contributed by atoms with Gasteiger partial charge in [0.15, 0.2) is 8.32 Å². The summed E-state index contributed by atoms with van der Waals surface area (Å²) in [6, 6.07) is 0. The summed E-state index contributed by atoms with van der Waals surface area (Å²) in [5, 5.41) is 0.119. The maximum absolute atomic E-state index is 12.8. The van der Waals surface area contributed by atoms with Crippen molar-refractivity contribution in [1.29, 1.82) is 0 Å². The third-order valence-corrected chi connectivity index (χ3v) is 10.1. The number of rotatable bonds is 5. The standard InChI is InChI=1S/C20H36O4Si/c1-14(21)20(8,17(22)23-18(2,3)4)15-11-12-16(13-15)24-25(9,10)19(5,6)7/h11-12,15-16H,13H2,1-10H3/t15-,16+,20?/m0/s1. The summed E-state index contributed by atoms with van der Waals surface area (Å²) in [5.41, 5.74) is -1.79. The van der Waals surface area contributed by atoms with Gasteiger partial charge in [0.05, 0.1) is 6.10 Å². The summed E-state index contributed by atoms with van der Waals surface area (Å²) in [6.07, 6.45) is 4.56. The maximum Gasteiger partial charge on any atom is 0.320 e. The Balaban J connectivity index is 2.95. The van der Waals surface area contributed by atoms with E-state index >= 15 is 0 Å². The van der Waals surface area contributed by atoms with Gasteiger partial charge in [0.2, 0.25) is 0 Å². The Bertz CT molecular complexity index is 551. The van der Waals surface area contributed by atoms with Gasteiger partial charge in [0.1, 0.15) is 16.8 Å². The molecule has 0 heterocycles. The lowest BCUT2D eigenvalue weighted by Crippen LogP contribution is -2.46. The lowest BCUT2D eigenvalue weighted by molar-refractivity contribution is -0.171. The first-order chi connectivity index (χ1) is 11.0. The second-order valence-electron chi connectivity index (χ2n) is 9.90. The Morgan fingerprint density at radius 3 is 1.92 bits per heavy atom. The van der Waals surface area contributed by atoms with Crippen molar-refractivity contribution < 1.29 is 18.8 Å². The van der Waals surface area contributed by atoms with Gasteiger partial charge in [-0.1, -0.05) is 32.9 Å². The van der Waals surface area contributed by atoms with Gasteiger partial charge >= 0.3 is 5.97 Å². The van der Waals surface area contributed by atoms with Crippen LogP contribution in [-0.4, -0.2) is 31.8 Å². The summed E-state index contributed by atoms with van der Waals surface area (Å²) in [6.45, 7) is 19.7. The lowest BCUT2D eigenvalue weighted by Gasteiger charge is -2.39. The van der Waals surface area contributed by atoms with Crippen LogP contribution in [0.15, 0.2) is 12.2 Å². The topological polar surface area (TPSA) is 52.6 Å². The predicted molar refractivity (Wildman–Crippen MR) is 104 cm³/mol. The number of hydrogen-bond donors (Lipinski definition) is 0. The number of allylic oxidation sites excluding steroid dienone is 1. The normalized spacial score (nSPS) is 24.1. The molecule has 0 aromatic heterocycles. The molecule has 1 aliphatic rings. The molecule has 0 amide bonds. The van der Waals surface area contributed by atoms with E-state index in [-0.39, 0.29) is 22.8 Å². The molecule has 4 nitrogen and oxygen atoms in total. The minimum Gasteiger partial charge on any atom is -0.459 e. The van der Waals surface area contributed by atoms with E-state index in [0.29, 0.717) is 6.42 Å². The molecule has 0 aromatic rings. The molecule has 0 saturated heterocycles. The second-order valence-corrected chi connectivity index (χ2v) is 14.7. The average Bonchev–Trinajstić information content (AvgIpc) is 2.81. The van der Waals surface area contributed by atoms with Crippen LogP contribution in [0.4, 0.5) is 0 Å². The highest BCUT2D eigenvalue weighted by molar-refractivity contribution is 6.74. The van der Waals surface area contributed by atoms with Crippen molar-refractivity contribution >= 4 is 20.1 Å². The van der Waals surface area contributed by atoms with Crippen LogP contribution >= 0.6 is 0 Å². The van der Waals surface area contributed by atoms with Gasteiger partial charge in [-0.3, -0.25) is 9.59 Å². The first kappa shape index (κ1) is 22.1. The van der Waals surface area contributed by atoms with Gasteiger partial charge in [0.25, 0.3) is 0 Å². The number of Topliss-reactive ketones (excluding diaryl/α,β-unsaturated/α-hetero) is 1. The summed E-state index contributed by atoms with van der Waals surface area (Å²) < 4.78 is 12.0. The van der Waals surface area contributed by atoms with Crippen LogP contribution in [0.2, 0.25) is 18.1 Å². The van der Waals surface area contributed by atoms with Gasteiger partial charge in [-0.05, 0) is 59.2 Å². The van der Waals surface area contributed by atoms with E-state index in [2.05, 4.69) is 33.9 Å². The fourth-order valence-corrected chi connectivity index (χ4v) is 3.96. The molecule has 0 spiro atoms. The third kappa shape index (κ3) is 5.04. The minimum atomic E-state index is -1.90. The zero-order valence-corrected chi connectivity index (χ0v) is 18.6. The van der Waals surface area contributed by atoms with Crippen molar-refractivity contribution in [2.75, 3.05) is 0 Å². The zero-order valence-electron chi connectivity index (χ0n) is 17.6. The van der Waals surface area contributed by atoms with E-state index in [1.807, 2.05) is 32.9 Å². The second kappa shape index (κ2) is 6.99. The first-order valence-electron chi connectivity index (χ1n) is 9.11. The molecular formula is C20H36O4Si. The van der Waals surface area contributed by atoms with Crippen LogP contribution in [0.25, 0.3) is 0 Å². The van der Waals surface area contributed by atoms with Gasteiger partial charge < -0.3 is 9.16 Å². The van der Waals surface area contributed by atoms with Crippen molar-refractivity contribution in [3.05, 3.63) is 12.2 Å². The molecule has 3 atom stereocenters. The highest BCUT2D eigenvalue weighted by Gasteiger charge is 2.50. The largest absolute Gasteiger partial charge is 0.459 e. The molecule has 1 unspecified atom stereocenters. The fourth-order valence-electron chi connectivity index (χ4n) is 2.68. The van der Waals surface area contributed by atoms with Crippen LogP contribution in [-0.2, 0) is 18.8 Å². The fraction of sp³-hybridized carbons (Fsp3) is 0.800. The monoisotopic (exact) mass is 368 g/mol. The molecule has 144 valence electrons. The summed E-state index contributed by atoms with van der Waals surface area (Å²) in [7, 11) is -1.90. The molecule has 0 fully saturated rings. The van der Waals surface area contributed by atoms with E-state index in [4.69, 9.17) is 9.16 Å². The first-order valence-corrected chi connectivity index (χ1v) is 12.0. The molecule has 0 saturated carbocycles. The Morgan fingerprint density at radius 1 is 1.00 bits per heavy atom. The molecule has 0 N–H and O–H groups in total. The maximum atomic E-state index is 12.8. The molecular weight excluding hydrogens is 332 g/mol. The van der Waals surface area contributed by atoms with Crippen LogP contribution < -0.4 is 0 Å². The van der Waals surface area contributed by atoms with Gasteiger partial charge in [0, 0.05) is 5.92 Å². The number of ketones is 1. The Labute approximate surface area is 154 Å². The molecule has 0 radical (unpaired) electrons. The summed E-state index contributed by atoms with van der Waals surface area (Å²) in [5.74, 6) is -0.811. The minimum absolute atomic E-state index is 0.0491. The van der Waals surface area contributed by atoms with Gasteiger partial charge in [-0.25, -0.2) is 0 Å². The highest BCUT2D eigenvalue weighted by Crippen LogP contribution is 2.43. The SMILES string of the molecule is CC(=O)C(C)(C(=O)OC(C)(C)C)[C@H]1C=C[C@@H](O[Si](C)(C)C(C)(C)C)C1. The quantitative estimate of drug-likeness (QED) is 0.300. The number of ether oxygens (including phenoxy) is 1. The molecule has 1 rings (SSSR count). The number of carbonyl (C=O) groups is 2. The Hall–Kier alpha value is -0.943. The Kier molecular flexibility index (Phi) is 6.18. The number of esters is 1. The number of hydrogen-bond acceptors (Lipinski definition) is 4. The summed E-state index contributed by atoms with van der Waals surface area (Å²) >= 11 is 0. The van der Waals surface area contributed by atoms with Crippen LogP contribution in [0.1, 0.15) is 61.8 Å². The lowest BCUT2D eigenvalue weighted by atomic mass is 9.73. The van der Waals surface area contributed by atoms with Crippen LogP contribution in [0.5, 0.6) is 0 Å². The zero-order chi connectivity index (χ0) is 19.8. The smallest absolute Gasteiger partial charge is 0.320 e. The Morgan fingerprint density at radius 2 is 1.52 bits per heavy atom. The van der Waals surface area contributed by atoms with Crippen molar-refractivity contribution in [1.82, 2.24) is 0 Å². The average molecular weight is 369 g/mol. The number of carbonyl (C=O) groups excluding carboxylic acids is 2. The van der Waals surface area contributed by atoms with E-state index in [9.17, 15) is 9.59 Å². The van der Waals surface area contributed by atoms with Crippen molar-refractivity contribution in [2.24, 2.45) is 11.3 Å². The molecule has 0 aromatic carbocycles. The third-order valence-electron chi connectivity index (χ3n) is 5.59. The van der Waals surface area contributed by atoms with E-state index in [1.54, 1.807) is 6.92 Å². The predicted octanol–water partition coefficient (Wildman–Crippen LogP) is 4.89. The van der Waals surface area contributed by atoms with Crippen LogP contribution in [0.3, 0.4) is 0 Å². The van der Waals surface area contributed by atoms with Gasteiger partial charge in [-0.2, -0.15) is 0 Å². The molecule has 1 aliphatic carbocycles. The highest BCUT2D eigenvalue weighted by atomic mass is 28.4. The van der Waals surface area contributed by atoms with Crippen molar-refractivity contribution in [3.8, 4) is 0 Å². The van der Waals surface area contributed by atoms with Crippen molar-refractivity contribution in [2.45, 2.75) is 91.6 Å². The molecule has 0 bridgehead atoms. The van der Waals surface area contributed by atoms with Crippen LogP contribution in [0, 0.1) is 11.3 Å². The van der Waals surface area contributed by atoms with E-state index in [1.165, 1.54) is 6.92 Å². The molecule has 5 heteroatoms. The van der Waals surface area contributed by atoms with E-state index in [0.717, 1.165) is 0 Å². The molecule has 25 heavy (non-hydrogen) atoms.